The molecule has 0 spiro atoms. The summed E-state index contributed by atoms with van der Waals surface area (Å²) in [5.41, 5.74) is 1.84. The van der Waals surface area contributed by atoms with E-state index in [0.29, 0.717) is 19.0 Å². The van der Waals surface area contributed by atoms with Crippen LogP contribution >= 0.6 is 0 Å². The normalized spacial score (nSPS) is 15.2. The largest absolute Gasteiger partial charge is 0.352 e. The molecule has 1 aliphatic carbocycles. The predicted octanol–water partition coefficient (Wildman–Crippen LogP) is 3.06. The van der Waals surface area contributed by atoms with Crippen LogP contribution in [0.2, 0.25) is 0 Å². The topological polar surface area (TPSA) is 67.2 Å². The van der Waals surface area contributed by atoms with Crippen molar-refractivity contribution in [2.24, 2.45) is 0 Å². The van der Waals surface area contributed by atoms with Gasteiger partial charge >= 0.3 is 0 Å². The van der Waals surface area contributed by atoms with E-state index in [9.17, 15) is 9.59 Å². The van der Waals surface area contributed by atoms with Crippen molar-refractivity contribution in [3.63, 3.8) is 0 Å². The Labute approximate surface area is 166 Å². The molecule has 2 amide bonds. The Bertz CT molecular complexity index is 849. The minimum absolute atomic E-state index is 0.113. The number of para-hydroxylation sites is 2. The summed E-state index contributed by atoms with van der Waals surface area (Å²) in [6.07, 6.45) is 9.66. The van der Waals surface area contributed by atoms with E-state index in [1.54, 1.807) is 6.08 Å². The fraction of sp³-hybridized carbons (Fsp3) is 0.500. The smallest absolute Gasteiger partial charge is 0.243 e. The lowest BCUT2D eigenvalue weighted by Crippen LogP contribution is -2.40. The van der Waals surface area contributed by atoms with Gasteiger partial charge in [0.25, 0.3) is 0 Å². The molecule has 0 radical (unpaired) electrons. The maximum absolute atomic E-state index is 13.0. The monoisotopic (exact) mass is 382 g/mol. The summed E-state index contributed by atoms with van der Waals surface area (Å²) in [5, 5.41) is 2.86. The van der Waals surface area contributed by atoms with Crippen LogP contribution in [0.1, 0.15) is 44.9 Å². The number of fused-ring (bicyclic) bond motifs is 1. The van der Waals surface area contributed by atoms with E-state index in [4.69, 9.17) is 4.98 Å². The molecular formula is C22H30N4O2. The van der Waals surface area contributed by atoms with Gasteiger partial charge in [0.05, 0.1) is 11.0 Å². The van der Waals surface area contributed by atoms with Gasteiger partial charge < -0.3 is 14.8 Å². The van der Waals surface area contributed by atoms with Crippen LogP contribution in [-0.4, -0.2) is 45.9 Å². The molecule has 2 aromatic rings. The Balaban J connectivity index is 1.74. The SMILES string of the molecule is C/C=C/C(=O)NCCc1nc2ccccc2n1CC(=O)N(C)C1CCCCC1. The van der Waals surface area contributed by atoms with Crippen molar-refractivity contribution in [3.05, 3.63) is 42.2 Å². The lowest BCUT2D eigenvalue weighted by atomic mass is 9.94. The Kier molecular flexibility index (Phi) is 6.85. The van der Waals surface area contributed by atoms with E-state index in [1.807, 2.05) is 47.7 Å². The van der Waals surface area contributed by atoms with Crippen molar-refractivity contribution in [1.29, 1.82) is 0 Å². The van der Waals surface area contributed by atoms with Crippen molar-refractivity contribution in [2.45, 2.75) is 58.0 Å². The van der Waals surface area contributed by atoms with Crippen molar-refractivity contribution in [3.8, 4) is 0 Å². The third kappa shape index (κ3) is 4.80. The molecule has 1 fully saturated rings. The first-order valence-corrected chi connectivity index (χ1v) is 10.2. The van der Waals surface area contributed by atoms with Gasteiger partial charge in [-0.05, 0) is 38.0 Å². The zero-order chi connectivity index (χ0) is 19.9. The minimum Gasteiger partial charge on any atom is -0.352 e. The number of likely N-dealkylation sites (N-methyl/N-ethyl adjacent to an activating group) is 1. The van der Waals surface area contributed by atoms with Crippen LogP contribution < -0.4 is 5.32 Å². The van der Waals surface area contributed by atoms with Gasteiger partial charge in [-0.3, -0.25) is 9.59 Å². The summed E-state index contributed by atoms with van der Waals surface area (Å²) in [4.78, 5) is 31.2. The van der Waals surface area contributed by atoms with Crippen LogP contribution in [0.25, 0.3) is 11.0 Å². The average Bonchev–Trinajstić information content (AvgIpc) is 3.05. The number of benzene rings is 1. The summed E-state index contributed by atoms with van der Waals surface area (Å²) in [6, 6.07) is 8.22. The third-order valence-corrected chi connectivity index (χ3v) is 5.51. The van der Waals surface area contributed by atoms with Gasteiger partial charge in [0, 0.05) is 26.1 Å². The Morgan fingerprint density at radius 1 is 1.25 bits per heavy atom. The highest BCUT2D eigenvalue weighted by Crippen LogP contribution is 2.23. The molecule has 28 heavy (non-hydrogen) atoms. The lowest BCUT2D eigenvalue weighted by molar-refractivity contribution is -0.133. The molecule has 3 rings (SSSR count). The molecule has 0 aliphatic heterocycles. The molecule has 1 aromatic carbocycles. The highest BCUT2D eigenvalue weighted by Gasteiger charge is 2.23. The van der Waals surface area contributed by atoms with E-state index in [-0.39, 0.29) is 18.4 Å². The van der Waals surface area contributed by atoms with Gasteiger partial charge in [-0.25, -0.2) is 4.98 Å². The Morgan fingerprint density at radius 2 is 2.00 bits per heavy atom. The summed E-state index contributed by atoms with van der Waals surface area (Å²) in [5.74, 6) is 0.833. The zero-order valence-electron chi connectivity index (χ0n) is 16.9. The second-order valence-electron chi connectivity index (χ2n) is 7.44. The van der Waals surface area contributed by atoms with E-state index in [0.717, 1.165) is 29.7 Å². The summed E-state index contributed by atoms with van der Waals surface area (Å²) in [6.45, 7) is 2.58. The van der Waals surface area contributed by atoms with E-state index < -0.39 is 0 Å². The number of carbonyl (C=O) groups excluding carboxylic acids is 2. The molecule has 0 unspecified atom stereocenters. The van der Waals surface area contributed by atoms with Crippen molar-refractivity contribution in [1.82, 2.24) is 19.8 Å². The third-order valence-electron chi connectivity index (χ3n) is 5.51. The molecule has 0 atom stereocenters. The molecule has 6 nitrogen and oxygen atoms in total. The maximum atomic E-state index is 13.0. The molecule has 0 bridgehead atoms. The summed E-state index contributed by atoms with van der Waals surface area (Å²) >= 11 is 0. The molecule has 0 saturated heterocycles. The molecule has 1 heterocycles. The number of nitrogens with one attached hydrogen (secondary N) is 1. The minimum atomic E-state index is -0.113. The van der Waals surface area contributed by atoms with Crippen LogP contribution in [0.5, 0.6) is 0 Å². The van der Waals surface area contributed by atoms with Crippen molar-refractivity contribution < 1.29 is 9.59 Å². The molecule has 1 aliphatic rings. The van der Waals surface area contributed by atoms with Crippen LogP contribution in [0, 0.1) is 0 Å². The second kappa shape index (κ2) is 9.53. The second-order valence-corrected chi connectivity index (χ2v) is 7.44. The first kappa shape index (κ1) is 20.1. The maximum Gasteiger partial charge on any atom is 0.243 e. The summed E-state index contributed by atoms with van der Waals surface area (Å²) < 4.78 is 2.00. The van der Waals surface area contributed by atoms with Crippen molar-refractivity contribution in [2.75, 3.05) is 13.6 Å². The fourth-order valence-electron chi connectivity index (χ4n) is 3.92. The molecule has 150 valence electrons. The fourth-order valence-corrected chi connectivity index (χ4v) is 3.92. The van der Waals surface area contributed by atoms with Gasteiger partial charge in [-0.1, -0.05) is 37.5 Å². The number of hydrogen-bond donors (Lipinski definition) is 1. The van der Waals surface area contributed by atoms with E-state index in [1.165, 1.54) is 25.3 Å². The number of carbonyl (C=O) groups is 2. The van der Waals surface area contributed by atoms with Crippen molar-refractivity contribution >= 4 is 22.8 Å². The highest BCUT2D eigenvalue weighted by molar-refractivity contribution is 5.87. The number of imidazole rings is 1. The molecular weight excluding hydrogens is 352 g/mol. The van der Waals surface area contributed by atoms with Gasteiger partial charge in [-0.15, -0.1) is 0 Å². The molecule has 1 aromatic heterocycles. The van der Waals surface area contributed by atoms with Crippen LogP contribution in [0.4, 0.5) is 0 Å². The zero-order valence-corrected chi connectivity index (χ0v) is 16.9. The van der Waals surface area contributed by atoms with Crippen LogP contribution in [0.3, 0.4) is 0 Å². The standard InChI is InChI=1S/C22H30N4O2/c1-3-9-21(27)23-15-14-20-24-18-12-7-8-13-19(18)26(20)16-22(28)25(2)17-10-5-4-6-11-17/h3,7-9,12-13,17H,4-6,10-11,14-16H2,1-2H3,(H,23,27)/b9-3+. The predicted molar refractivity (Wildman–Crippen MR) is 111 cm³/mol. The number of nitrogens with zero attached hydrogens (tertiary/aromatic N) is 3. The first-order valence-electron chi connectivity index (χ1n) is 10.2. The van der Waals surface area contributed by atoms with Gasteiger partial charge in [0.15, 0.2) is 0 Å². The quantitative estimate of drug-likeness (QED) is 0.749. The van der Waals surface area contributed by atoms with Gasteiger partial charge in [0.1, 0.15) is 12.4 Å². The Morgan fingerprint density at radius 3 is 2.75 bits per heavy atom. The summed E-state index contributed by atoms with van der Waals surface area (Å²) in [7, 11) is 1.93. The Hall–Kier alpha value is -2.63. The molecule has 1 saturated carbocycles. The average molecular weight is 383 g/mol. The van der Waals surface area contributed by atoms with E-state index >= 15 is 0 Å². The lowest BCUT2D eigenvalue weighted by Gasteiger charge is -2.31. The van der Waals surface area contributed by atoms with E-state index in [2.05, 4.69) is 5.32 Å². The number of hydrogen-bond acceptors (Lipinski definition) is 3. The van der Waals surface area contributed by atoms with Crippen LogP contribution in [0.15, 0.2) is 36.4 Å². The van der Waals surface area contributed by atoms with Crippen LogP contribution in [-0.2, 0) is 22.6 Å². The first-order chi connectivity index (χ1) is 13.6. The number of amides is 2. The number of aromatic nitrogens is 2. The number of rotatable bonds is 7. The van der Waals surface area contributed by atoms with Gasteiger partial charge in [-0.2, -0.15) is 0 Å². The molecule has 1 N–H and O–H groups in total. The molecule has 6 heteroatoms. The number of allylic oxidation sites excluding steroid dienone is 1. The van der Waals surface area contributed by atoms with Gasteiger partial charge in [0.2, 0.25) is 11.8 Å². The highest BCUT2D eigenvalue weighted by atomic mass is 16.2.